The van der Waals surface area contributed by atoms with Gasteiger partial charge in [-0.05, 0) is 214 Å². The molecule has 2 N–H and O–H groups in total. The number of anilines is 4. The SMILES string of the molecule is C.C.C.C.CC(C)c1ccccn1.CC(C)c1ccnc(NC2CC2)n1.CC(C)c1ccnc(NC2CCCOC2)n1.CC(C)c1csc(-c2cccnc2)n1.CC(C)c1ncc(C#N)cc1Cl.CC1CCN(c2nc(C(C)C)ccc2C#N)C1.CC1CCN(c2nccc(C(C)C)n2)C1.Cc1ccc(C(C)C)nc1.Cc1cnc(C(C)C)c(F)c1.Cc1cnc(C(C)C)nc1. The van der Waals surface area contributed by atoms with E-state index in [0.29, 0.717) is 93.1 Å². The van der Waals surface area contributed by atoms with Gasteiger partial charge >= 0.3 is 0 Å². The second-order valence-corrected chi connectivity index (χ2v) is 37.1. The molecule has 0 amide bonds. The number of rotatable bonds is 17. The zero-order chi connectivity index (χ0) is 93.2. The molecule has 3 unspecified atom stereocenters. The molecule has 1 saturated carbocycles. The van der Waals surface area contributed by atoms with Crippen LogP contribution in [0.2, 0.25) is 5.02 Å². The molecule has 25 heteroatoms. The van der Waals surface area contributed by atoms with Crippen molar-refractivity contribution in [3.8, 4) is 22.7 Å². The summed E-state index contributed by atoms with van der Waals surface area (Å²) in [7, 11) is 0. The van der Waals surface area contributed by atoms with Crippen molar-refractivity contribution in [3.05, 3.63) is 254 Å². The summed E-state index contributed by atoms with van der Waals surface area (Å²) in [5.74, 6) is 9.77. The van der Waals surface area contributed by atoms with Crippen LogP contribution in [-0.2, 0) is 4.74 Å². The van der Waals surface area contributed by atoms with Gasteiger partial charge in [-0.15, -0.1) is 11.3 Å². The lowest BCUT2D eigenvalue weighted by Gasteiger charge is -2.23. The van der Waals surface area contributed by atoms with Crippen molar-refractivity contribution < 1.29 is 9.13 Å². The Labute approximate surface area is 797 Å². The highest BCUT2D eigenvalue weighted by Gasteiger charge is 2.25. The fraction of sp³-hybridized carbons (Fsp3) is 0.519. The number of halogens is 2. The summed E-state index contributed by atoms with van der Waals surface area (Å²) in [5, 5.41) is 28.1. The largest absolute Gasteiger partial charge is 0.379 e. The lowest BCUT2D eigenvalue weighted by atomic mass is 10.1. The number of hydrogen-bond donors (Lipinski definition) is 2. The van der Waals surface area contributed by atoms with Gasteiger partial charge in [-0.2, -0.15) is 10.5 Å². The molecule has 1 aliphatic carbocycles. The highest BCUT2D eigenvalue weighted by molar-refractivity contribution is 7.13. The predicted octanol–water partition coefficient (Wildman–Crippen LogP) is 27.6. The number of nitrogens with one attached hydrogen (secondary N) is 2. The van der Waals surface area contributed by atoms with E-state index < -0.39 is 0 Å². The summed E-state index contributed by atoms with van der Waals surface area (Å²) in [6, 6.07) is 32.4. The third kappa shape index (κ3) is 42.5. The van der Waals surface area contributed by atoms with E-state index in [9.17, 15) is 4.39 Å². The highest BCUT2D eigenvalue weighted by atomic mass is 35.5. The zero-order valence-corrected chi connectivity index (χ0v) is 81.7. The Morgan fingerprint density at radius 3 is 1.40 bits per heavy atom. The van der Waals surface area contributed by atoms with Gasteiger partial charge < -0.3 is 25.2 Å². The fourth-order valence-corrected chi connectivity index (χ4v) is 13.8. The number of ether oxygens (including phenoxy) is 1. The van der Waals surface area contributed by atoms with Crippen LogP contribution in [0.25, 0.3) is 10.6 Å². The molecule has 22 nitrogen and oxygen atoms in total. The van der Waals surface area contributed by atoms with E-state index in [2.05, 4.69) is 250 Å². The minimum absolute atomic E-state index is 0. The van der Waals surface area contributed by atoms with Crippen LogP contribution in [-0.4, -0.2) is 126 Å². The Morgan fingerprint density at radius 2 is 0.962 bits per heavy atom. The molecular weight excluding hydrogens is 1670 g/mol. The van der Waals surface area contributed by atoms with Crippen LogP contribution >= 0.6 is 22.9 Å². The first-order chi connectivity index (χ1) is 60.5. The summed E-state index contributed by atoms with van der Waals surface area (Å²) in [6.45, 7) is 58.4. The van der Waals surface area contributed by atoms with Crippen molar-refractivity contribution in [2.75, 3.05) is 59.8 Å². The van der Waals surface area contributed by atoms with Crippen LogP contribution in [0, 0.1) is 61.1 Å². The van der Waals surface area contributed by atoms with E-state index in [0.717, 1.165) is 149 Å². The van der Waals surface area contributed by atoms with Crippen molar-refractivity contribution >= 4 is 46.6 Å². The molecule has 14 heterocycles. The summed E-state index contributed by atoms with van der Waals surface area (Å²) >= 11 is 7.57. The quantitative estimate of drug-likeness (QED) is 0.0856. The molecule has 4 aliphatic rings. The lowest BCUT2D eigenvalue weighted by molar-refractivity contribution is 0.0874. The van der Waals surface area contributed by atoms with Gasteiger partial charge in [0.15, 0.2) is 0 Å². The van der Waals surface area contributed by atoms with Crippen molar-refractivity contribution in [1.82, 2.24) is 74.8 Å². The van der Waals surface area contributed by atoms with Gasteiger partial charge in [0.25, 0.3) is 0 Å². The maximum Gasteiger partial charge on any atom is 0.225 e. The van der Waals surface area contributed by atoms with E-state index >= 15 is 0 Å². The smallest absolute Gasteiger partial charge is 0.225 e. The minimum atomic E-state index is -0.194. The van der Waals surface area contributed by atoms with Gasteiger partial charge in [0.2, 0.25) is 17.8 Å². The van der Waals surface area contributed by atoms with Crippen molar-refractivity contribution in [2.24, 2.45) is 11.8 Å². The normalized spacial score (nSPS) is 14.4. The number of nitriles is 2. The maximum absolute atomic E-state index is 13.0. The number of thiazole rings is 1. The van der Waals surface area contributed by atoms with Crippen molar-refractivity contribution in [3.63, 3.8) is 0 Å². The van der Waals surface area contributed by atoms with Crippen LogP contribution in [0.3, 0.4) is 0 Å². The van der Waals surface area contributed by atoms with Gasteiger partial charge in [0.1, 0.15) is 34.6 Å². The minimum Gasteiger partial charge on any atom is -0.379 e. The number of aryl methyl sites for hydroxylation is 3. The molecular formula is C106H157ClFN21OS. The first-order valence-electron chi connectivity index (χ1n) is 45.2. The van der Waals surface area contributed by atoms with E-state index in [-0.39, 0.29) is 41.4 Å². The lowest BCUT2D eigenvalue weighted by Crippen LogP contribution is -2.30. The number of nitrogens with zero attached hydrogens (tertiary/aromatic N) is 19. The van der Waals surface area contributed by atoms with E-state index in [1.165, 1.54) is 43.0 Å². The summed E-state index contributed by atoms with van der Waals surface area (Å²) in [5.41, 5.74) is 14.8. The molecule has 3 aliphatic heterocycles. The van der Waals surface area contributed by atoms with Crippen LogP contribution in [0.5, 0.6) is 0 Å². The molecule has 11 aromatic heterocycles. The van der Waals surface area contributed by atoms with Gasteiger partial charge in [-0.25, -0.2) is 54.2 Å². The van der Waals surface area contributed by atoms with E-state index in [1.54, 1.807) is 36.0 Å². The molecule has 0 bridgehead atoms. The van der Waals surface area contributed by atoms with Gasteiger partial charge in [-0.1, -0.05) is 206 Å². The summed E-state index contributed by atoms with van der Waals surface area (Å²) < 4.78 is 18.5. The summed E-state index contributed by atoms with van der Waals surface area (Å²) in [6.07, 6.45) is 27.0. The monoisotopic (exact) mass is 1830 g/mol. The molecule has 0 radical (unpaired) electrons. The maximum atomic E-state index is 13.0. The Morgan fingerprint density at radius 1 is 0.443 bits per heavy atom. The Kier molecular flexibility index (Phi) is 54.2. The van der Waals surface area contributed by atoms with Crippen LogP contribution in [0.15, 0.2) is 158 Å². The standard InChI is InChI=1S/C14H19N3.C12H19N3O.C12H19N3.C11H12N2S.C10H15N3.C9H9ClN2.C9H12FN.C9H13N.C8H12N2.C8H11N.4CH4/c1-10(2)13-5-4-12(8-15)14(16-13)17-7-6-11(3)9-17;1-9(2)11-5-6-13-12(15-11)14-10-4-3-7-16-8-10;1-9(2)11-4-6-13-12(14-11)15-7-5-10(3)8-15;1-8(2)10-7-14-11(13-10)9-4-3-5-12-6-9;1-7(2)9-5-6-11-10(13-9)12-8-3-4-8;1-6(2)9-8(10)3-7(4-11)5-12-9;1-6(2)9-8(10)4-7(3)5-11-9;1-7(2)9-5-4-8(3)6-10-9;1-6(2)8-9-4-7(3)5-10-8;1-7(2)8-5-3-4-6-9-8;;;;/h4-5,10-11H,6-7,9H2,1-3H3;5-6,9-10H,3-4,7-8H2,1-2H3,(H,13,14,15);4,6,9-10H,5,7-8H2,1-3H3;3-8H,1-2H3;5-8H,3-4H2,1-2H3,(H,11,12,13);3,5-6H,1-2H3;4-6H,1-3H3;4-7H,1-3H3;4-6H,1-3H3;3-7H,1-2H3;4*1H4. The first kappa shape index (κ1) is 116. The van der Waals surface area contributed by atoms with Crippen LogP contribution in [0.4, 0.5) is 28.1 Å². The van der Waals surface area contributed by atoms with E-state index in [1.807, 2.05) is 158 Å². The Balaban J connectivity index is 0.000000494. The fourth-order valence-electron chi connectivity index (χ4n) is 12.5. The molecule has 4 fully saturated rings. The molecule has 15 rings (SSSR count). The molecule has 0 spiro atoms. The zero-order valence-electron chi connectivity index (χ0n) is 80.1. The topological polar surface area (TPSA) is 281 Å². The predicted molar refractivity (Wildman–Crippen MR) is 547 cm³/mol. The molecule has 3 atom stereocenters. The first-order valence-corrected chi connectivity index (χ1v) is 46.4. The third-order valence-corrected chi connectivity index (χ3v) is 21.7. The van der Waals surface area contributed by atoms with Gasteiger partial charge in [0, 0.05) is 158 Å². The molecule has 131 heavy (non-hydrogen) atoms. The number of aromatic nitrogens is 15. The molecule has 3 saturated heterocycles. The second-order valence-electron chi connectivity index (χ2n) is 35.9. The van der Waals surface area contributed by atoms with Crippen LogP contribution < -0.4 is 20.4 Å². The van der Waals surface area contributed by atoms with Crippen molar-refractivity contribution in [2.45, 2.75) is 313 Å². The van der Waals surface area contributed by atoms with Gasteiger partial charge in [-0.3, -0.25) is 24.9 Å². The third-order valence-electron chi connectivity index (χ3n) is 20.5. The number of hydrogen-bond acceptors (Lipinski definition) is 23. The molecule has 712 valence electrons. The summed E-state index contributed by atoms with van der Waals surface area (Å²) in [4.78, 5) is 69.0. The van der Waals surface area contributed by atoms with Gasteiger partial charge in [0.05, 0.1) is 45.9 Å². The second kappa shape index (κ2) is 61.0. The molecule has 11 aromatic rings. The average molecular weight is 1830 g/mol. The number of pyridine rings is 6. The van der Waals surface area contributed by atoms with Crippen molar-refractivity contribution in [1.29, 1.82) is 10.5 Å². The Bertz CT molecular complexity index is 5000. The average Bonchev–Trinajstić information content (AvgIpc) is 1.68. The van der Waals surface area contributed by atoms with E-state index in [4.69, 9.17) is 26.9 Å². The Hall–Kier alpha value is -10.8. The highest BCUT2D eigenvalue weighted by Crippen LogP contribution is 2.31. The van der Waals surface area contributed by atoms with Crippen LogP contribution in [0.1, 0.15) is 365 Å². The molecule has 0 aromatic carbocycles.